The second-order valence-corrected chi connectivity index (χ2v) is 4.31. The van der Waals surface area contributed by atoms with E-state index in [2.05, 4.69) is 15.4 Å². The van der Waals surface area contributed by atoms with E-state index >= 15 is 0 Å². The van der Waals surface area contributed by atoms with Crippen molar-refractivity contribution in [1.82, 2.24) is 15.4 Å². The molecule has 2 heterocycles. The van der Waals surface area contributed by atoms with E-state index in [0.29, 0.717) is 22.8 Å². The summed E-state index contributed by atoms with van der Waals surface area (Å²) >= 11 is 0. The standard InChI is InChI=1S/C14H14N4O3/c1-19-10-4-3-8(7-11(10)20-2)12-13(18-21-14(12)15)9-5-6-16-17-9/h3-7H,15H2,1-2H3,(H,16,17). The molecule has 0 aliphatic rings. The van der Waals surface area contributed by atoms with Crippen LogP contribution < -0.4 is 15.2 Å². The number of hydrogen-bond acceptors (Lipinski definition) is 6. The minimum Gasteiger partial charge on any atom is -0.493 e. The number of nitrogen functional groups attached to an aromatic ring is 1. The number of nitrogens with two attached hydrogens (primary N) is 1. The van der Waals surface area contributed by atoms with Crippen LogP contribution in [0.4, 0.5) is 5.88 Å². The minimum atomic E-state index is 0.229. The van der Waals surface area contributed by atoms with Crippen LogP contribution >= 0.6 is 0 Å². The molecular weight excluding hydrogens is 272 g/mol. The summed E-state index contributed by atoms with van der Waals surface area (Å²) in [7, 11) is 3.16. The fourth-order valence-corrected chi connectivity index (χ4v) is 2.15. The van der Waals surface area contributed by atoms with Crippen molar-refractivity contribution in [3.05, 3.63) is 30.5 Å². The van der Waals surface area contributed by atoms with Gasteiger partial charge in [-0.2, -0.15) is 5.10 Å². The van der Waals surface area contributed by atoms with Crippen molar-refractivity contribution in [3.8, 4) is 34.0 Å². The van der Waals surface area contributed by atoms with Crippen molar-refractivity contribution < 1.29 is 14.0 Å². The van der Waals surface area contributed by atoms with Crippen LogP contribution in [0, 0.1) is 0 Å². The maximum Gasteiger partial charge on any atom is 0.230 e. The maximum absolute atomic E-state index is 5.91. The van der Waals surface area contributed by atoms with E-state index in [-0.39, 0.29) is 5.88 Å². The highest BCUT2D eigenvalue weighted by Gasteiger charge is 2.19. The third kappa shape index (κ3) is 2.18. The highest BCUT2D eigenvalue weighted by molar-refractivity contribution is 5.86. The summed E-state index contributed by atoms with van der Waals surface area (Å²) < 4.78 is 15.7. The topological polar surface area (TPSA) is 99.2 Å². The number of nitrogens with zero attached hydrogens (tertiary/aromatic N) is 2. The van der Waals surface area contributed by atoms with Gasteiger partial charge in [-0.15, -0.1) is 0 Å². The quantitative estimate of drug-likeness (QED) is 0.763. The Hall–Kier alpha value is -2.96. The lowest BCUT2D eigenvalue weighted by Gasteiger charge is -2.09. The van der Waals surface area contributed by atoms with Gasteiger partial charge in [-0.1, -0.05) is 11.2 Å². The summed E-state index contributed by atoms with van der Waals surface area (Å²) in [5.74, 6) is 1.47. The smallest absolute Gasteiger partial charge is 0.230 e. The number of H-pyrrole nitrogens is 1. The van der Waals surface area contributed by atoms with Crippen LogP contribution in [0.25, 0.3) is 22.5 Å². The summed E-state index contributed by atoms with van der Waals surface area (Å²) in [6.07, 6.45) is 1.64. The molecule has 0 saturated heterocycles. The highest BCUT2D eigenvalue weighted by atomic mass is 16.5. The molecule has 0 unspecified atom stereocenters. The Morgan fingerprint density at radius 2 is 1.95 bits per heavy atom. The summed E-state index contributed by atoms with van der Waals surface area (Å²) in [4.78, 5) is 0. The van der Waals surface area contributed by atoms with Crippen molar-refractivity contribution in [1.29, 1.82) is 0 Å². The Kier molecular flexibility index (Phi) is 3.23. The highest BCUT2D eigenvalue weighted by Crippen LogP contribution is 2.39. The third-order valence-electron chi connectivity index (χ3n) is 3.15. The van der Waals surface area contributed by atoms with Gasteiger partial charge in [-0.3, -0.25) is 5.10 Å². The molecule has 3 aromatic rings. The Bertz CT molecular complexity index is 750. The van der Waals surface area contributed by atoms with Crippen LogP contribution in [-0.4, -0.2) is 29.6 Å². The first-order chi connectivity index (χ1) is 10.2. The molecule has 0 fully saturated rings. The van der Waals surface area contributed by atoms with Crippen LogP contribution in [-0.2, 0) is 0 Å². The summed E-state index contributed by atoms with van der Waals surface area (Å²) in [5, 5.41) is 10.7. The van der Waals surface area contributed by atoms with E-state index in [0.717, 1.165) is 11.3 Å². The van der Waals surface area contributed by atoms with Gasteiger partial charge in [-0.05, 0) is 23.8 Å². The molecule has 0 bridgehead atoms. The Morgan fingerprint density at radius 1 is 1.14 bits per heavy atom. The molecule has 0 aliphatic heterocycles. The molecule has 3 rings (SSSR count). The Balaban J connectivity index is 2.15. The first kappa shape index (κ1) is 13.0. The van der Waals surface area contributed by atoms with Crippen molar-refractivity contribution in [2.45, 2.75) is 0 Å². The van der Waals surface area contributed by atoms with Gasteiger partial charge in [0.2, 0.25) is 5.88 Å². The molecule has 0 radical (unpaired) electrons. The van der Waals surface area contributed by atoms with Gasteiger partial charge in [0.25, 0.3) is 0 Å². The second-order valence-electron chi connectivity index (χ2n) is 4.31. The van der Waals surface area contributed by atoms with Crippen molar-refractivity contribution >= 4 is 5.88 Å². The largest absolute Gasteiger partial charge is 0.493 e. The second kappa shape index (κ2) is 5.20. The number of anilines is 1. The summed E-state index contributed by atoms with van der Waals surface area (Å²) in [5.41, 5.74) is 8.72. The average Bonchev–Trinajstić information content (AvgIpc) is 3.15. The van der Waals surface area contributed by atoms with Gasteiger partial charge in [0.05, 0.1) is 25.5 Å². The number of aromatic nitrogens is 3. The van der Waals surface area contributed by atoms with Crippen molar-refractivity contribution in [2.24, 2.45) is 0 Å². The number of aromatic amines is 1. The van der Waals surface area contributed by atoms with Crippen LogP contribution in [0.1, 0.15) is 0 Å². The fraction of sp³-hybridized carbons (Fsp3) is 0.143. The van der Waals surface area contributed by atoms with E-state index in [9.17, 15) is 0 Å². The van der Waals surface area contributed by atoms with E-state index in [1.54, 1.807) is 32.5 Å². The summed E-state index contributed by atoms with van der Waals surface area (Å²) in [6.45, 7) is 0. The molecule has 7 nitrogen and oxygen atoms in total. The van der Waals surface area contributed by atoms with E-state index in [4.69, 9.17) is 19.7 Å². The molecule has 1 aromatic carbocycles. The van der Waals surface area contributed by atoms with Crippen molar-refractivity contribution in [3.63, 3.8) is 0 Å². The molecule has 21 heavy (non-hydrogen) atoms. The molecule has 2 aromatic heterocycles. The van der Waals surface area contributed by atoms with Gasteiger partial charge in [0.1, 0.15) is 5.69 Å². The van der Waals surface area contributed by atoms with Crippen LogP contribution in [0.5, 0.6) is 11.5 Å². The lowest BCUT2D eigenvalue weighted by molar-refractivity contribution is 0.355. The predicted octanol–water partition coefficient (Wildman–Crippen LogP) is 2.33. The molecule has 0 spiro atoms. The predicted molar refractivity (Wildman–Crippen MR) is 77.0 cm³/mol. The van der Waals surface area contributed by atoms with Gasteiger partial charge >= 0.3 is 0 Å². The number of nitrogens with one attached hydrogen (secondary N) is 1. The minimum absolute atomic E-state index is 0.229. The SMILES string of the molecule is COc1ccc(-c2c(-c3ccn[nH]3)noc2N)cc1OC. The zero-order valence-electron chi connectivity index (χ0n) is 11.6. The fourth-order valence-electron chi connectivity index (χ4n) is 2.15. The molecule has 0 saturated carbocycles. The monoisotopic (exact) mass is 286 g/mol. The van der Waals surface area contributed by atoms with Crippen LogP contribution in [0.15, 0.2) is 35.0 Å². The van der Waals surface area contributed by atoms with Crippen LogP contribution in [0.2, 0.25) is 0 Å². The molecule has 3 N–H and O–H groups in total. The number of methoxy groups -OCH3 is 2. The first-order valence-electron chi connectivity index (χ1n) is 6.22. The van der Waals surface area contributed by atoms with E-state index < -0.39 is 0 Å². The average molecular weight is 286 g/mol. The molecule has 0 aliphatic carbocycles. The van der Waals surface area contributed by atoms with Gasteiger partial charge in [-0.25, -0.2) is 0 Å². The third-order valence-corrected chi connectivity index (χ3v) is 3.15. The van der Waals surface area contributed by atoms with Crippen molar-refractivity contribution in [2.75, 3.05) is 20.0 Å². The number of hydrogen-bond donors (Lipinski definition) is 2. The molecule has 0 atom stereocenters. The Labute approximate surface area is 120 Å². The van der Waals surface area contributed by atoms with Gasteiger partial charge in [0.15, 0.2) is 11.5 Å². The van der Waals surface area contributed by atoms with Crippen LogP contribution in [0.3, 0.4) is 0 Å². The van der Waals surface area contributed by atoms with E-state index in [1.807, 2.05) is 12.1 Å². The van der Waals surface area contributed by atoms with E-state index in [1.165, 1.54) is 0 Å². The zero-order chi connectivity index (χ0) is 14.8. The van der Waals surface area contributed by atoms with Gasteiger partial charge in [0, 0.05) is 6.20 Å². The Morgan fingerprint density at radius 3 is 2.62 bits per heavy atom. The lowest BCUT2D eigenvalue weighted by atomic mass is 10.0. The molecule has 7 heteroatoms. The molecule has 108 valence electrons. The molecule has 0 amide bonds. The molecular formula is C14H14N4O3. The zero-order valence-corrected chi connectivity index (χ0v) is 11.6. The normalized spacial score (nSPS) is 10.6. The van der Waals surface area contributed by atoms with Gasteiger partial charge < -0.3 is 19.7 Å². The number of benzene rings is 1. The summed E-state index contributed by atoms with van der Waals surface area (Å²) in [6, 6.07) is 7.28. The number of ether oxygens (including phenoxy) is 2. The maximum atomic E-state index is 5.91. The first-order valence-corrected chi connectivity index (χ1v) is 6.22. The lowest BCUT2D eigenvalue weighted by Crippen LogP contribution is -1.93. The number of rotatable bonds is 4.